The van der Waals surface area contributed by atoms with Crippen LogP contribution in [-0.2, 0) is 4.79 Å². The largest absolute Gasteiger partial charge is 0.320 e. The van der Waals surface area contributed by atoms with Gasteiger partial charge in [-0.15, -0.1) is 0 Å². The zero-order chi connectivity index (χ0) is 17.6. The van der Waals surface area contributed by atoms with Gasteiger partial charge >= 0.3 is 0 Å². The van der Waals surface area contributed by atoms with Crippen LogP contribution in [-0.4, -0.2) is 10.8 Å². The van der Waals surface area contributed by atoms with Crippen molar-refractivity contribution < 1.29 is 9.72 Å². The Kier molecular flexibility index (Phi) is 5.64. The molecule has 1 aromatic carbocycles. The summed E-state index contributed by atoms with van der Waals surface area (Å²) in [6.07, 6.45) is 15.0. The summed E-state index contributed by atoms with van der Waals surface area (Å²) >= 11 is 0. The van der Waals surface area contributed by atoms with Gasteiger partial charge in [0.25, 0.3) is 5.69 Å². The first-order chi connectivity index (χ1) is 12.2. The number of carbonyl (C=O) groups is 1. The number of rotatable bonds is 3. The number of nitrogens with one attached hydrogen (secondary N) is 1. The van der Waals surface area contributed by atoms with E-state index in [9.17, 15) is 14.9 Å². The van der Waals surface area contributed by atoms with E-state index >= 15 is 0 Å². The molecule has 0 spiro atoms. The molecule has 1 N–H and O–H groups in total. The van der Waals surface area contributed by atoms with Crippen molar-refractivity contribution >= 4 is 17.3 Å². The van der Waals surface area contributed by atoms with Crippen LogP contribution < -0.4 is 5.32 Å². The normalized spacial score (nSPS) is 28.6. The van der Waals surface area contributed by atoms with Gasteiger partial charge in [-0.05, 0) is 56.4 Å². The van der Waals surface area contributed by atoms with Crippen molar-refractivity contribution in [1.82, 2.24) is 0 Å². The van der Waals surface area contributed by atoms with Crippen LogP contribution in [0.15, 0.2) is 48.6 Å². The minimum atomic E-state index is -0.456. The van der Waals surface area contributed by atoms with Crippen LogP contribution in [0.4, 0.5) is 11.4 Å². The quantitative estimate of drug-likeness (QED) is 0.485. The van der Waals surface area contributed by atoms with E-state index in [4.69, 9.17) is 0 Å². The fraction of sp³-hybridized carbons (Fsp3) is 0.450. The molecule has 132 valence electrons. The maximum atomic E-state index is 12.7. The molecule has 1 fully saturated rings. The number of anilines is 1. The van der Waals surface area contributed by atoms with E-state index in [-0.39, 0.29) is 17.5 Å². The summed E-state index contributed by atoms with van der Waals surface area (Å²) in [5, 5.41) is 13.9. The lowest BCUT2D eigenvalue weighted by atomic mass is 10.1. The highest BCUT2D eigenvalue weighted by Gasteiger charge is 2.53. The molecule has 0 aliphatic heterocycles. The second-order valence-electron chi connectivity index (χ2n) is 6.79. The molecule has 0 aromatic heterocycles. The Bertz CT molecular complexity index is 672. The number of nitrogens with zero attached hydrogens (tertiary/aromatic N) is 1. The standard InChI is InChI=1S/C20H24N2O3/c23-20(21-17-13-9-10-14-18(17)22(24)25)19-15-11-7-5-3-1-2-4-6-8-12-16(15)19/h3-6,9-10,13-16,19H,1-2,7-8,11-12H2,(H,21,23)/b5-3+,6-4+/t15-,16+,19?. The molecule has 5 heteroatoms. The van der Waals surface area contributed by atoms with Crippen LogP contribution in [0.1, 0.15) is 38.5 Å². The summed E-state index contributed by atoms with van der Waals surface area (Å²) in [4.78, 5) is 23.3. The van der Waals surface area contributed by atoms with Gasteiger partial charge in [-0.2, -0.15) is 0 Å². The molecule has 3 rings (SSSR count). The maximum Gasteiger partial charge on any atom is 0.292 e. The molecule has 25 heavy (non-hydrogen) atoms. The average Bonchev–Trinajstić information content (AvgIpc) is 3.27. The number of allylic oxidation sites excluding steroid dienone is 4. The summed E-state index contributed by atoms with van der Waals surface area (Å²) < 4.78 is 0. The Morgan fingerprint density at radius 1 is 0.960 bits per heavy atom. The summed E-state index contributed by atoms with van der Waals surface area (Å²) in [6, 6.07) is 6.32. The molecule has 0 radical (unpaired) electrons. The van der Waals surface area contributed by atoms with E-state index < -0.39 is 4.92 Å². The number of nitro groups is 1. The van der Waals surface area contributed by atoms with Gasteiger partial charge in [-0.1, -0.05) is 36.4 Å². The van der Waals surface area contributed by atoms with E-state index in [2.05, 4.69) is 29.6 Å². The van der Waals surface area contributed by atoms with E-state index in [0.717, 1.165) is 38.5 Å². The fourth-order valence-corrected chi connectivity index (χ4v) is 3.82. The van der Waals surface area contributed by atoms with Crippen LogP contribution in [0, 0.1) is 27.9 Å². The summed E-state index contributed by atoms with van der Waals surface area (Å²) in [6.45, 7) is 0. The van der Waals surface area contributed by atoms with Crippen molar-refractivity contribution in [2.45, 2.75) is 38.5 Å². The molecule has 3 atom stereocenters. The monoisotopic (exact) mass is 340 g/mol. The molecule has 2 aliphatic carbocycles. The van der Waals surface area contributed by atoms with E-state index in [1.54, 1.807) is 18.2 Å². The lowest BCUT2D eigenvalue weighted by Crippen LogP contribution is -2.16. The first-order valence-corrected chi connectivity index (χ1v) is 9.03. The molecule has 2 aliphatic rings. The Hall–Kier alpha value is -2.43. The summed E-state index contributed by atoms with van der Waals surface area (Å²) in [7, 11) is 0. The van der Waals surface area contributed by atoms with Gasteiger partial charge in [0.2, 0.25) is 5.91 Å². The third-order valence-electron chi connectivity index (χ3n) is 5.16. The number of amides is 1. The van der Waals surface area contributed by atoms with Gasteiger partial charge in [0, 0.05) is 12.0 Å². The molecule has 1 unspecified atom stereocenters. The lowest BCUT2D eigenvalue weighted by molar-refractivity contribution is -0.383. The topological polar surface area (TPSA) is 72.2 Å². The Labute approximate surface area is 148 Å². The van der Waals surface area contributed by atoms with Crippen LogP contribution in [0.2, 0.25) is 0 Å². The smallest absolute Gasteiger partial charge is 0.292 e. The second-order valence-corrected chi connectivity index (χ2v) is 6.79. The van der Waals surface area contributed by atoms with Crippen molar-refractivity contribution in [3.63, 3.8) is 0 Å². The first-order valence-electron chi connectivity index (χ1n) is 9.03. The Balaban J connectivity index is 1.67. The third kappa shape index (κ3) is 4.35. The van der Waals surface area contributed by atoms with Gasteiger partial charge in [-0.3, -0.25) is 14.9 Å². The minimum absolute atomic E-state index is 0.0256. The predicted molar refractivity (Wildman–Crippen MR) is 98.2 cm³/mol. The highest BCUT2D eigenvalue weighted by atomic mass is 16.6. The number of nitro benzene ring substituents is 1. The molecule has 0 bridgehead atoms. The average molecular weight is 340 g/mol. The zero-order valence-corrected chi connectivity index (χ0v) is 14.3. The minimum Gasteiger partial charge on any atom is -0.320 e. The van der Waals surface area contributed by atoms with Gasteiger partial charge < -0.3 is 5.32 Å². The number of hydrogen-bond acceptors (Lipinski definition) is 3. The number of fused-ring (bicyclic) bond motifs is 1. The molecular formula is C20H24N2O3. The highest BCUT2D eigenvalue weighted by molar-refractivity contribution is 5.96. The number of carbonyl (C=O) groups excluding carboxylic acids is 1. The molecule has 1 saturated carbocycles. The predicted octanol–water partition coefficient (Wildman–Crippen LogP) is 4.86. The summed E-state index contributed by atoms with van der Waals surface area (Å²) in [5.74, 6) is 0.676. The molecule has 5 nitrogen and oxygen atoms in total. The number of hydrogen-bond donors (Lipinski definition) is 1. The molecule has 0 saturated heterocycles. The van der Waals surface area contributed by atoms with E-state index in [0.29, 0.717) is 17.5 Å². The van der Waals surface area contributed by atoms with Crippen molar-refractivity contribution in [2.24, 2.45) is 17.8 Å². The third-order valence-corrected chi connectivity index (χ3v) is 5.16. The number of para-hydroxylation sites is 2. The molecule has 1 aromatic rings. The van der Waals surface area contributed by atoms with Crippen LogP contribution in [0.5, 0.6) is 0 Å². The van der Waals surface area contributed by atoms with E-state index in [1.807, 2.05) is 0 Å². The van der Waals surface area contributed by atoms with Gasteiger partial charge in [-0.25, -0.2) is 0 Å². The van der Waals surface area contributed by atoms with Crippen molar-refractivity contribution in [1.29, 1.82) is 0 Å². The Morgan fingerprint density at radius 2 is 1.52 bits per heavy atom. The molecule has 0 heterocycles. The molecular weight excluding hydrogens is 316 g/mol. The SMILES string of the molecule is O=C(Nc1ccccc1[N+](=O)[O-])C1[C@H]2CC/C=C/CC/C=C/CC[C@@H]12. The number of benzene rings is 1. The van der Waals surface area contributed by atoms with Crippen LogP contribution in [0.25, 0.3) is 0 Å². The van der Waals surface area contributed by atoms with Crippen LogP contribution >= 0.6 is 0 Å². The fourth-order valence-electron chi connectivity index (χ4n) is 3.82. The van der Waals surface area contributed by atoms with Crippen molar-refractivity contribution in [2.75, 3.05) is 5.32 Å². The first kappa shape index (κ1) is 17.4. The molecule has 1 amide bonds. The van der Waals surface area contributed by atoms with E-state index in [1.165, 1.54) is 6.07 Å². The Morgan fingerprint density at radius 3 is 2.12 bits per heavy atom. The van der Waals surface area contributed by atoms with Crippen molar-refractivity contribution in [3.8, 4) is 0 Å². The van der Waals surface area contributed by atoms with Gasteiger partial charge in [0.1, 0.15) is 5.69 Å². The second kappa shape index (κ2) is 8.10. The van der Waals surface area contributed by atoms with Gasteiger partial charge in [0.15, 0.2) is 0 Å². The lowest BCUT2D eigenvalue weighted by Gasteiger charge is -2.05. The zero-order valence-electron chi connectivity index (χ0n) is 14.3. The highest BCUT2D eigenvalue weighted by Crippen LogP contribution is 2.52. The maximum absolute atomic E-state index is 12.7. The van der Waals surface area contributed by atoms with Gasteiger partial charge in [0.05, 0.1) is 4.92 Å². The summed E-state index contributed by atoms with van der Waals surface area (Å²) in [5.41, 5.74) is 0.237. The van der Waals surface area contributed by atoms with Crippen LogP contribution in [0.3, 0.4) is 0 Å². The van der Waals surface area contributed by atoms with Crippen molar-refractivity contribution in [3.05, 3.63) is 58.7 Å².